The lowest BCUT2D eigenvalue weighted by Crippen LogP contribution is -2.32. The number of nitrogen functional groups attached to an aromatic ring is 1. The second kappa shape index (κ2) is 6.94. The van der Waals surface area contributed by atoms with Crippen LogP contribution >= 0.6 is 0 Å². The van der Waals surface area contributed by atoms with E-state index in [9.17, 15) is 4.79 Å². The first kappa shape index (κ1) is 15.2. The van der Waals surface area contributed by atoms with Crippen molar-refractivity contribution in [3.63, 3.8) is 0 Å². The van der Waals surface area contributed by atoms with Crippen LogP contribution < -0.4 is 16.8 Å². The molecule has 1 amide bonds. The van der Waals surface area contributed by atoms with Gasteiger partial charge in [0.25, 0.3) is 5.91 Å². The van der Waals surface area contributed by atoms with Gasteiger partial charge in [0, 0.05) is 19.1 Å². The van der Waals surface area contributed by atoms with E-state index in [0.717, 1.165) is 19.5 Å². The van der Waals surface area contributed by atoms with E-state index < -0.39 is 5.91 Å². The highest BCUT2D eigenvalue weighted by molar-refractivity contribution is 5.98. The predicted molar refractivity (Wildman–Crippen MR) is 78.0 cm³/mol. The van der Waals surface area contributed by atoms with Crippen LogP contribution in [0, 0.1) is 0 Å². The van der Waals surface area contributed by atoms with E-state index in [1.165, 1.54) is 6.20 Å². The van der Waals surface area contributed by atoms with Crippen molar-refractivity contribution >= 4 is 17.4 Å². The minimum Gasteiger partial charge on any atom is -0.397 e. The summed E-state index contributed by atoms with van der Waals surface area (Å²) in [5, 5.41) is 3.16. The lowest BCUT2D eigenvalue weighted by molar-refractivity contribution is 0.100. The number of rotatable bonds is 7. The molecule has 6 heteroatoms. The minimum atomic E-state index is -0.542. The van der Waals surface area contributed by atoms with Crippen LogP contribution in [0.4, 0.5) is 11.5 Å². The summed E-state index contributed by atoms with van der Waals surface area (Å²) < 4.78 is 0. The molecular weight excluding hydrogens is 242 g/mol. The van der Waals surface area contributed by atoms with Gasteiger partial charge in [-0.3, -0.25) is 4.79 Å². The fourth-order valence-electron chi connectivity index (χ4n) is 1.67. The third-order valence-electron chi connectivity index (χ3n) is 3.31. The third-order valence-corrected chi connectivity index (χ3v) is 3.31. The van der Waals surface area contributed by atoms with Crippen molar-refractivity contribution in [2.45, 2.75) is 26.3 Å². The molecular formula is C13H23N5O. The molecule has 0 fully saturated rings. The number of amides is 1. The molecule has 0 saturated heterocycles. The summed E-state index contributed by atoms with van der Waals surface area (Å²) in [4.78, 5) is 17.5. The van der Waals surface area contributed by atoms with Crippen molar-refractivity contribution in [3.05, 3.63) is 17.8 Å². The average Bonchev–Trinajstić information content (AvgIpc) is 2.39. The Bertz CT molecular complexity index is 435. The van der Waals surface area contributed by atoms with Crippen LogP contribution in [-0.2, 0) is 0 Å². The molecule has 0 aliphatic heterocycles. The topological polar surface area (TPSA) is 97.3 Å². The predicted octanol–water partition coefficient (Wildman–Crippen LogP) is 0.905. The number of hydrogen-bond donors (Lipinski definition) is 3. The van der Waals surface area contributed by atoms with Crippen molar-refractivity contribution in [3.8, 4) is 0 Å². The number of likely N-dealkylation sites (N-methyl/N-ethyl adjacent to an activating group) is 1. The summed E-state index contributed by atoms with van der Waals surface area (Å²) >= 11 is 0. The Morgan fingerprint density at radius 3 is 2.84 bits per heavy atom. The molecule has 0 saturated carbocycles. The van der Waals surface area contributed by atoms with Gasteiger partial charge in [0.05, 0.1) is 17.4 Å². The number of aromatic nitrogens is 1. The second-order valence-corrected chi connectivity index (χ2v) is 4.69. The highest BCUT2D eigenvalue weighted by Gasteiger charge is 2.09. The van der Waals surface area contributed by atoms with Gasteiger partial charge in [-0.1, -0.05) is 6.92 Å². The lowest BCUT2D eigenvalue weighted by atomic mass is 10.2. The van der Waals surface area contributed by atoms with Gasteiger partial charge in [-0.05, 0) is 26.5 Å². The number of pyridine rings is 1. The number of nitrogens with one attached hydrogen (secondary N) is 1. The van der Waals surface area contributed by atoms with Crippen LogP contribution in [0.3, 0.4) is 0 Å². The summed E-state index contributed by atoms with van der Waals surface area (Å²) in [5.74, 6) is 0.0697. The molecule has 19 heavy (non-hydrogen) atoms. The van der Waals surface area contributed by atoms with Crippen molar-refractivity contribution in [2.75, 3.05) is 31.2 Å². The maximum absolute atomic E-state index is 11.2. The molecule has 1 atom stereocenters. The van der Waals surface area contributed by atoms with E-state index in [1.54, 1.807) is 6.07 Å². The zero-order chi connectivity index (χ0) is 14.4. The maximum Gasteiger partial charge on any atom is 0.250 e. The van der Waals surface area contributed by atoms with E-state index in [0.29, 0.717) is 23.1 Å². The zero-order valence-electron chi connectivity index (χ0n) is 11.8. The lowest BCUT2D eigenvalue weighted by Gasteiger charge is -2.23. The standard InChI is InChI=1S/C13H23N5O/c1-4-9(2)18(3)6-5-16-12-7-10(13(15)19)11(14)8-17-12/h7-9H,4-6,14H2,1-3H3,(H2,15,19)(H,16,17). The molecule has 0 radical (unpaired) electrons. The molecule has 0 aliphatic rings. The Morgan fingerprint density at radius 1 is 1.58 bits per heavy atom. The number of nitrogens with two attached hydrogens (primary N) is 2. The molecule has 1 aromatic heterocycles. The van der Waals surface area contributed by atoms with Gasteiger partial charge in [0.15, 0.2) is 0 Å². The summed E-state index contributed by atoms with van der Waals surface area (Å²) in [6, 6.07) is 2.13. The molecule has 1 heterocycles. The van der Waals surface area contributed by atoms with E-state index in [-0.39, 0.29) is 0 Å². The van der Waals surface area contributed by atoms with Crippen molar-refractivity contribution < 1.29 is 4.79 Å². The molecule has 0 spiro atoms. The second-order valence-electron chi connectivity index (χ2n) is 4.69. The molecule has 0 aromatic carbocycles. The van der Waals surface area contributed by atoms with Gasteiger partial charge >= 0.3 is 0 Å². The van der Waals surface area contributed by atoms with Crippen molar-refractivity contribution in [1.82, 2.24) is 9.88 Å². The van der Waals surface area contributed by atoms with E-state index in [1.807, 2.05) is 0 Å². The molecule has 5 N–H and O–H groups in total. The summed E-state index contributed by atoms with van der Waals surface area (Å²) in [7, 11) is 2.08. The zero-order valence-corrected chi connectivity index (χ0v) is 11.8. The first-order valence-electron chi connectivity index (χ1n) is 6.45. The van der Waals surface area contributed by atoms with Crippen LogP contribution in [-0.4, -0.2) is 42.0 Å². The van der Waals surface area contributed by atoms with Crippen LogP contribution in [0.25, 0.3) is 0 Å². The molecule has 1 aromatic rings. The van der Waals surface area contributed by atoms with Crippen LogP contribution in [0.2, 0.25) is 0 Å². The Balaban J connectivity index is 2.54. The van der Waals surface area contributed by atoms with Gasteiger partial charge in [-0.25, -0.2) is 4.98 Å². The number of nitrogens with zero attached hydrogens (tertiary/aromatic N) is 2. The van der Waals surface area contributed by atoms with E-state index in [2.05, 4.69) is 36.1 Å². The Kier molecular flexibility index (Phi) is 5.57. The van der Waals surface area contributed by atoms with Gasteiger partial charge < -0.3 is 21.7 Å². The summed E-state index contributed by atoms with van der Waals surface area (Å²) in [5.41, 5.74) is 11.5. The van der Waals surface area contributed by atoms with Gasteiger partial charge in [-0.2, -0.15) is 0 Å². The van der Waals surface area contributed by atoms with Crippen LogP contribution in [0.15, 0.2) is 12.3 Å². The fraction of sp³-hybridized carbons (Fsp3) is 0.538. The quantitative estimate of drug-likeness (QED) is 0.680. The molecule has 106 valence electrons. The Morgan fingerprint density at radius 2 is 2.26 bits per heavy atom. The Labute approximate surface area is 114 Å². The minimum absolute atomic E-state index is 0.299. The number of hydrogen-bond acceptors (Lipinski definition) is 5. The smallest absolute Gasteiger partial charge is 0.250 e. The van der Waals surface area contributed by atoms with Crippen LogP contribution in [0.1, 0.15) is 30.6 Å². The molecule has 0 aliphatic carbocycles. The highest BCUT2D eigenvalue weighted by atomic mass is 16.1. The molecule has 6 nitrogen and oxygen atoms in total. The van der Waals surface area contributed by atoms with Crippen molar-refractivity contribution in [2.24, 2.45) is 5.73 Å². The largest absolute Gasteiger partial charge is 0.397 e. The first-order valence-corrected chi connectivity index (χ1v) is 6.45. The normalized spacial score (nSPS) is 12.4. The maximum atomic E-state index is 11.2. The van der Waals surface area contributed by atoms with E-state index >= 15 is 0 Å². The average molecular weight is 265 g/mol. The van der Waals surface area contributed by atoms with Gasteiger partial charge in [0.1, 0.15) is 5.82 Å². The number of carbonyl (C=O) groups is 1. The van der Waals surface area contributed by atoms with Gasteiger partial charge in [0.2, 0.25) is 0 Å². The highest BCUT2D eigenvalue weighted by Crippen LogP contribution is 2.13. The summed E-state index contributed by atoms with van der Waals surface area (Å²) in [6.07, 6.45) is 2.56. The molecule has 1 rings (SSSR count). The molecule has 1 unspecified atom stereocenters. The number of anilines is 2. The van der Waals surface area contributed by atoms with Gasteiger partial charge in [-0.15, -0.1) is 0 Å². The SMILES string of the molecule is CCC(C)N(C)CCNc1cc(C(N)=O)c(N)cn1. The van der Waals surface area contributed by atoms with Crippen LogP contribution in [0.5, 0.6) is 0 Å². The first-order chi connectivity index (χ1) is 8.95. The monoisotopic (exact) mass is 265 g/mol. The number of carbonyl (C=O) groups excluding carboxylic acids is 1. The fourth-order valence-corrected chi connectivity index (χ4v) is 1.67. The third kappa shape index (κ3) is 4.40. The van der Waals surface area contributed by atoms with Crippen molar-refractivity contribution in [1.29, 1.82) is 0 Å². The molecule has 0 bridgehead atoms. The Hall–Kier alpha value is -1.82. The summed E-state index contributed by atoms with van der Waals surface area (Å²) in [6.45, 7) is 5.99. The van der Waals surface area contributed by atoms with E-state index in [4.69, 9.17) is 11.5 Å². The number of primary amides is 1.